The van der Waals surface area contributed by atoms with Crippen molar-refractivity contribution < 1.29 is 4.79 Å². The van der Waals surface area contributed by atoms with Gasteiger partial charge in [0.2, 0.25) is 0 Å². The van der Waals surface area contributed by atoms with E-state index < -0.39 is 0 Å². The fraction of sp³-hybridized carbons (Fsp3) is 0.556. The topological polar surface area (TPSA) is 81.0 Å². The highest BCUT2D eigenvalue weighted by Crippen LogP contribution is 1.91. The van der Waals surface area contributed by atoms with Crippen molar-refractivity contribution in [2.75, 3.05) is 13.1 Å². The van der Waals surface area contributed by atoms with Gasteiger partial charge in [-0.2, -0.15) is 0 Å². The second-order valence-corrected chi connectivity index (χ2v) is 3.11. The highest BCUT2D eigenvalue weighted by molar-refractivity contribution is 5.73. The Hall–Kier alpha value is -1.72. The van der Waals surface area contributed by atoms with E-state index in [-0.39, 0.29) is 11.6 Å². The van der Waals surface area contributed by atoms with Crippen LogP contribution in [0.4, 0.5) is 4.79 Å². The van der Waals surface area contributed by atoms with E-state index in [0.717, 1.165) is 0 Å². The van der Waals surface area contributed by atoms with Crippen LogP contribution in [0.2, 0.25) is 0 Å². The number of urea groups is 1. The number of nitrogens with one attached hydrogen (secondary N) is 3. The Kier molecular flexibility index (Phi) is 3.96. The Morgan fingerprint density at radius 2 is 2.07 bits per heavy atom. The largest absolute Gasteiger partial charge is 0.332 e. The summed E-state index contributed by atoms with van der Waals surface area (Å²) < 4.78 is 0. The van der Waals surface area contributed by atoms with Crippen molar-refractivity contribution in [3.8, 4) is 0 Å². The number of nitrogens with zero attached hydrogens (tertiary/aromatic N) is 1. The molecular weight excluding hydrogens is 196 g/mol. The smallest absolute Gasteiger partial charge is 0.317 e. The van der Waals surface area contributed by atoms with Crippen LogP contribution in [-0.4, -0.2) is 34.2 Å². The average molecular weight is 212 g/mol. The molecule has 84 valence electrons. The van der Waals surface area contributed by atoms with E-state index in [2.05, 4.69) is 15.5 Å². The maximum absolute atomic E-state index is 11.5. The standard InChI is InChI=1S/C9H16N4O2/c1-3-13(4-2)9(15)10-6-7-5-8(14)12-11-7/h5H,3-4,6H2,1-2H3,(H,10,15)(H2,11,12,14). The molecule has 0 aliphatic carbocycles. The second kappa shape index (κ2) is 5.23. The van der Waals surface area contributed by atoms with E-state index in [9.17, 15) is 9.59 Å². The highest BCUT2D eigenvalue weighted by Gasteiger charge is 2.08. The monoisotopic (exact) mass is 212 g/mol. The van der Waals surface area contributed by atoms with Gasteiger partial charge in [0.1, 0.15) is 0 Å². The molecule has 0 saturated carbocycles. The summed E-state index contributed by atoms with van der Waals surface area (Å²) >= 11 is 0. The minimum atomic E-state index is -0.193. The molecule has 0 aliphatic rings. The SMILES string of the molecule is CCN(CC)C(=O)NCc1cc(=O)[nH][nH]1. The van der Waals surface area contributed by atoms with Gasteiger partial charge in [0.15, 0.2) is 0 Å². The summed E-state index contributed by atoms with van der Waals surface area (Å²) in [5, 5.41) is 7.78. The van der Waals surface area contributed by atoms with E-state index in [4.69, 9.17) is 0 Å². The van der Waals surface area contributed by atoms with Crippen molar-refractivity contribution in [2.24, 2.45) is 0 Å². The Balaban J connectivity index is 2.43. The number of amides is 2. The first-order valence-corrected chi connectivity index (χ1v) is 4.96. The van der Waals surface area contributed by atoms with Crippen molar-refractivity contribution >= 4 is 6.03 Å². The molecule has 1 rings (SSSR count). The van der Waals surface area contributed by atoms with E-state index in [0.29, 0.717) is 25.3 Å². The molecule has 0 unspecified atom stereocenters. The molecule has 0 aromatic carbocycles. The molecule has 0 atom stereocenters. The molecule has 0 spiro atoms. The normalized spacial score (nSPS) is 10.0. The summed E-state index contributed by atoms with van der Waals surface area (Å²) in [5.41, 5.74) is 0.475. The zero-order valence-electron chi connectivity index (χ0n) is 8.96. The molecule has 1 aromatic rings. The van der Waals surface area contributed by atoms with Gasteiger partial charge in [-0.25, -0.2) is 4.79 Å². The molecule has 6 nitrogen and oxygen atoms in total. The van der Waals surface area contributed by atoms with Crippen molar-refractivity contribution in [2.45, 2.75) is 20.4 Å². The average Bonchev–Trinajstić information content (AvgIpc) is 2.63. The van der Waals surface area contributed by atoms with E-state index in [1.54, 1.807) is 4.90 Å². The lowest BCUT2D eigenvalue weighted by molar-refractivity contribution is 0.202. The van der Waals surface area contributed by atoms with Gasteiger partial charge in [-0.15, -0.1) is 0 Å². The molecule has 15 heavy (non-hydrogen) atoms. The van der Waals surface area contributed by atoms with Crippen LogP contribution >= 0.6 is 0 Å². The van der Waals surface area contributed by atoms with Crippen LogP contribution in [0.15, 0.2) is 10.9 Å². The fourth-order valence-corrected chi connectivity index (χ4v) is 1.26. The highest BCUT2D eigenvalue weighted by atomic mass is 16.2. The molecule has 0 radical (unpaired) electrons. The summed E-state index contributed by atoms with van der Waals surface area (Å²) in [6.45, 7) is 5.51. The predicted octanol–water partition coefficient (Wildman–Crippen LogP) is 0.254. The number of hydrogen-bond acceptors (Lipinski definition) is 2. The van der Waals surface area contributed by atoms with Gasteiger partial charge in [0.25, 0.3) is 5.56 Å². The number of H-pyrrole nitrogens is 2. The number of carbonyl (C=O) groups excluding carboxylic acids is 1. The lowest BCUT2D eigenvalue weighted by atomic mass is 10.4. The van der Waals surface area contributed by atoms with E-state index >= 15 is 0 Å². The van der Waals surface area contributed by atoms with Crippen molar-refractivity contribution in [3.63, 3.8) is 0 Å². The first kappa shape index (κ1) is 11.4. The summed E-state index contributed by atoms with van der Waals surface area (Å²) in [6.07, 6.45) is 0. The Morgan fingerprint density at radius 1 is 1.40 bits per heavy atom. The molecule has 3 N–H and O–H groups in total. The Labute approximate surface area is 87.7 Å². The maximum atomic E-state index is 11.5. The van der Waals surface area contributed by atoms with Gasteiger partial charge >= 0.3 is 6.03 Å². The van der Waals surface area contributed by atoms with Crippen LogP contribution in [-0.2, 0) is 6.54 Å². The molecule has 6 heteroatoms. The lowest BCUT2D eigenvalue weighted by Gasteiger charge is -2.18. The number of rotatable bonds is 4. The van der Waals surface area contributed by atoms with Gasteiger partial charge in [-0.05, 0) is 13.8 Å². The molecule has 0 fully saturated rings. The Bertz CT molecular complexity index is 364. The van der Waals surface area contributed by atoms with Crippen LogP contribution < -0.4 is 10.9 Å². The molecule has 1 heterocycles. The third-order valence-corrected chi connectivity index (χ3v) is 2.13. The van der Waals surface area contributed by atoms with Gasteiger partial charge < -0.3 is 15.3 Å². The zero-order valence-corrected chi connectivity index (χ0v) is 8.96. The molecular formula is C9H16N4O2. The van der Waals surface area contributed by atoms with Crippen LogP contribution in [0.25, 0.3) is 0 Å². The molecule has 2 amide bonds. The minimum Gasteiger partial charge on any atom is -0.332 e. The summed E-state index contributed by atoms with van der Waals surface area (Å²) in [4.78, 5) is 23.9. The first-order valence-electron chi connectivity index (χ1n) is 4.96. The van der Waals surface area contributed by atoms with Gasteiger partial charge in [0, 0.05) is 19.2 Å². The quantitative estimate of drug-likeness (QED) is 0.669. The molecule has 0 saturated heterocycles. The third kappa shape index (κ3) is 3.16. The molecule has 0 bridgehead atoms. The summed E-state index contributed by atoms with van der Waals surface area (Å²) in [7, 11) is 0. The summed E-state index contributed by atoms with van der Waals surface area (Å²) in [5.74, 6) is 0. The van der Waals surface area contributed by atoms with Crippen molar-refractivity contribution in [3.05, 3.63) is 22.1 Å². The van der Waals surface area contributed by atoms with Crippen LogP contribution in [0, 0.1) is 0 Å². The van der Waals surface area contributed by atoms with Gasteiger partial charge in [-0.1, -0.05) is 0 Å². The number of aromatic amines is 2. The molecule has 0 aliphatic heterocycles. The minimum absolute atomic E-state index is 0.123. The van der Waals surface area contributed by atoms with Gasteiger partial charge in [0.05, 0.1) is 12.2 Å². The van der Waals surface area contributed by atoms with Crippen molar-refractivity contribution in [1.29, 1.82) is 0 Å². The molecule has 1 aromatic heterocycles. The maximum Gasteiger partial charge on any atom is 0.317 e. The first-order chi connectivity index (χ1) is 7.17. The van der Waals surface area contributed by atoms with Crippen LogP contribution in [0.5, 0.6) is 0 Å². The fourth-order valence-electron chi connectivity index (χ4n) is 1.26. The lowest BCUT2D eigenvalue weighted by Crippen LogP contribution is -2.39. The third-order valence-electron chi connectivity index (χ3n) is 2.13. The van der Waals surface area contributed by atoms with Crippen LogP contribution in [0.1, 0.15) is 19.5 Å². The van der Waals surface area contributed by atoms with Crippen LogP contribution in [0.3, 0.4) is 0 Å². The number of carbonyl (C=O) groups is 1. The van der Waals surface area contributed by atoms with Gasteiger partial charge in [-0.3, -0.25) is 9.89 Å². The van der Waals surface area contributed by atoms with Crippen molar-refractivity contribution in [1.82, 2.24) is 20.4 Å². The number of hydrogen-bond donors (Lipinski definition) is 3. The van der Waals surface area contributed by atoms with E-state index in [1.165, 1.54) is 6.07 Å². The summed E-state index contributed by atoms with van der Waals surface area (Å²) in [6, 6.07) is 1.30. The predicted molar refractivity (Wildman–Crippen MR) is 56.6 cm³/mol. The zero-order chi connectivity index (χ0) is 11.3. The van der Waals surface area contributed by atoms with E-state index in [1.807, 2.05) is 13.8 Å². The number of aromatic nitrogens is 2. The Morgan fingerprint density at radius 3 is 2.53 bits per heavy atom. The second-order valence-electron chi connectivity index (χ2n) is 3.11.